The molecule has 0 saturated carbocycles. The van der Waals surface area contributed by atoms with Gasteiger partial charge in [-0.05, 0) is 32.1 Å². The molecular formula is C13H14F3N3O. The highest BCUT2D eigenvalue weighted by molar-refractivity contribution is 5.79. The van der Waals surface area contributed by atoms with Gasteiger partial charge in [-0.1, -0.05) is 6.07 Å². The van der Waals surface area contributed by atoms with Crippen molar-refractivity contribution >= 4 is 11.0 Å². The van der Waals surface area contributed by atoms with E-state index in [9.17, 15) is 18.0 Å². The topological polar surface area (TPSA) is 41.0 Å². The smallest absolute Gasteiger partial charge is 0.305 e. The Bertz CT molecular complexity index is 701. The quantitative estimate of drug-likeness (QED) is 0.873. The first kappa shape index (κ1) is 13.2. The van der Waals surface area contributed by atoms with Crippen LogP contribution in [-0.2, 0) is 6.18 Å². The Labute approximate surface area is 112 Å². The fraction of sp³-hybridized carbons (Fsp3) is 0.462. The Morgan fingerprint density at radius 3 is 2.70 bits per heavy atom. The summed E-state index contributed by atoms with van der Waals surface area (Å²) in [7, 11) is 1.93. The van der Waals surface area contributed by atoms with Crippen LogP contribution in [0.25, 0.3) is 11.0 Å². The largest absolute Gasteiger partial charge is 0.418 e. The van der Waals surface area contributed by atoms with Crippen molar-refractivity contribution in [1.82, 2.24) is 14.5 Å². The molecule has 1 N–H and O–H groups in total. The highest BCUT2D eigenvalue weighted by atomic mass is 19.4. The molecular weight excluding hydrogens is 271 g/mol. The second-order valence-electron chi connectivity index (χ2n) is 5.20. The summed E-state index contributed by atoms with van der Waals surface area (Å²) in [6, 6.07) is 3.81. The van der Waals surface area contributed by atoms with Crippen molar-refractivity contribution in [2.75, 3.05) is 20.1 Å². The molecule has 1 unspecified atom stereocenters. The van der Waals surface area contributed by atoms with E-state index >= 15 is 0 Å². The lowest BCUT2D eigenvalue weighted by Gasteiger charge is -2.13. The van der Waals surface area contributed by atoms with Gasteiger partial charge in [0, 0.05) is 6.54 Å². The van der Waals surface area contributed by atoms with Gasteiger partial charge in [-0.15, -0.1) is 0 Å². The number of hydrogen-bond donors (Lipinski definition) is 1. The van der Waals surface area contributed by atoms with Crippen LogP contribution in [0.2, 0.25) is 0 Å². The van der Waals surface area contributed by atoms with Crippen LogP contribution in [0.3, 0.4) is 0 Å². The van der Waals surface area contributed by atoms with E-state index in [-0.39, 0.29) is 11.6 Å². The van der Waals surface area contributed by atoms with Crippen molar-refractivity contribution in [2.24, 2.45) is 0 Å². The van der Waals surface area contributed by atoms with Crippen LogP contribution in [0.15, 0.2) is 23.0 Å². The highest BCUT2D eigenvalue weighted by Gasteiger charge is 2.34. The lowest BCUT2D eigenvalue weighted by atomic mass is 10.1. The Hall–Kier alpha value is -1.76. The molecule has 0 radical (unpaired) electrons. The van der Waals surface area contributed by atoms with Crippen LogP contribution in [-0.4, -0.2) is 34.6 Å². The number of aromatic nitrogens is 2. The Morgan fingerprint density at radius 2 is 2.10 bits per heavy atom. The average Bonchev–Trinajstić information content (AvgIpc) is 2.89. The van der Waals surface area contributed by atoms with Gasteiger partial charge in [0.05, 0.1) is 22.6 Å². The van der Waals surface area contributed by atoms with Gasteiger partial charge in [-0.3, -0.25) is 4.57 Å². The van der Waals surface area contributed by atoms with Crippen LogP contribution in [0.4, 0.5) is 13.2 Å². The molecule has 0 spiro atoms. The summed E-state index contributed by atoms with van der Waals surface area (Å²) in [6.45, 7) is 1.51. The molecule has 7 heteroatoms. The van der Waals surface area contributed by atoms with E-state index in [1.165, 1.54) is 10.6 Å². The zero-order chi connectivity index (χ0) is 14.5. The predicted molar refractivity (Wildman–Crippen MR) is 68.7 cm³/mol. The first-order valence-corrected chi connectivity index (χ1v) is 6.37. The summed E-state index contributed by atoms with van der Waals surface area (Å²) in [6.07, 6.45) is -3.71. The van der Waals surface area contributed by atoms with Crippen molar-refractivity contribution in [2.45, 2.75) is 18.6 Å². The third kappa shape index (κ3) is 2.02. The number of hydrogen-bond acceptors (Lipinski definition) is 2. The minimum Gasteiger partial charge on any atom is -0.305 e. The number of halogens is 3. The van der Waals surface area contributed by atoms with Gasteiger partial charge in [-0.2, -0.15) is 13.2 Å². The standard InChI is InChI=1S/C13H14F3N3O/c1-18-6-5-8(7-18)19-10-4-2-3-9(13(14,15)16)11(10)17-12(19)20/h2-4,8H,5-7H2,1H3,(H,17,20). The predicted octanol–water partition coefficient (Wildman–Crippen LogP) is 2.22. The van der Waals surface area contributed by atoms with Gasteiger partial charge in [0.2, 0.25) is 0 Å². The van der Waals surface area contributed by atoms with Crippen LogP contribution in [0, 0.1) is 0 Å². The Kier molecular flexibility index (Phi) is 2.89. The van der Waals surface area contributed by atoms with Crippen LogP contribution < -0.4 is 5.69 Å². The fourth-order valence-corrected chi connectivity index (χ4v) is 2.87. The number of para-hydroxylation sites is 1. The maximum atomic E-state index is 13.0. The first-order valence-electron chi connectivity index (χ1n) is 6.37. The maximum Gasteiger partial charge on any atom is 0.418 e. The van der Waals surface area contributed by atoms with Crippen molar-refractivity contribution in [3.63, 3.8) is 0 Å². The van der Waals surface area contributed by atoms with E-state index in [2.05, 4.69) is 9.88 Å². The van der Waals surface area contributed by atoms with Crippen molar-refractivity contribution in [1.29, 1.82) is 0 Å². The number of likely N-dealkylation sites (tertiary alicyclic amines) is 1. The second-order valence-corrected chi connectivity index (χ2v) is 5.20. The van der Waals surface area contributed by atoms with E-state index in [1.54, 1.807) is 6.07 Å². The van der Waals surface area contributed by atoms with E-state index in [1.807, 2.05) is 7.05 Å². The van der Waals surface area contributed by atoms with Crippen LogP contribution >= 0.6 is 0 Å². The molecule has 1 saturated heterocycles. The molecule has 3 rings (SSSR count). The lowest BCUT2D eigenvalue weighted by Crippen LogP contribution is -2.24. The summed E-state index contributed by atoms with van der Waals surface area (Å²) in [5.74, 6) is 0. The number of likely N-dealkylation sites (N-methyl/N-ethyl adjacent to an activating group) is 1. The van der Waals surface area contributed by atoms with Crippen molar-refractivity contribution < 1.29 is 13.2 Å². The average molecular weight is 285 g/mol. The molecule has 0 amide bonds. The summed E-state index contributed by atoms with van der Waals surface area (Å²) >= 11 is 0. The number of aromatic amines is 1. The molecule has 1 atom stereocenters. The minimum atomic E-state index is -4.47. The summed E-state index contributed by atoms with van der Waals surface area (Å²) < 4.78 is 40.3. The SMILES string of the molecule is CN1CCC(n2c(=O)[nH]c3c(C(F)(F)F)cccc32)C1. The van der Waals surface area contributed by atoms with E-state index < -0.39 is 17.4 Å². The fourth-order valence-electron chi connectivity index (χ4n) is 2.87. The molecule has 1 aliphatic heterocycles. The molecule has 1 fully saturated rings. The molecule has 2 heterocycles. The number of H-pyrrole nitrogens is 1. The number of benzene rings is 1. The van der Waals surface area contributed by atoms with E-state index in [0.29, 0.717) is 12.1 Å². The maximum absolute atomic E-state index is 13.0. The number of rotatable bonds is 1. The minimum absolute atomic E-state index is 0.0790. The highest BCUT2D eigenvalue weighted by Crippen LogP contribution is 2.34. The van der Waals surface area contributed by atoms with Crippen molar-refractivity contribution in [3.05, 3.63) is 34.2 Å². The van der Waals surface area contributed by atoms with Gasteiger partial charge >= 0.3 is 11.9 Å². The number of nitrogens with one attached hydrogen (secondary N) is 1. The molecule has 4 nitrogen and oxygen atoms in total. The molecule has 108 valence electrons. The van der Waals surface area contributed by atoms with E-state index in [0.717, 1.165) is 19.0 Å². The van der Waals surface area contributed by atoms with Gasteiger partial charge in [0.25, 0.3) is 0 Å². The first-order chi connectivity index (χ1) is 9.38. The molecule has 0 bridgehead atoms. The number of fused-ring (bicyclic) bond motifs is 1. The number of alkyl halides is 3. The van der Waals surface area contributed by atoms with Gasteiger partial charge in [0.1, 0.15) is 0 Å². The molecule has 1 aliphatic rings. The number of nitrogens with zero attached hydrogens (tertiary/aromatic N) is 2. The Morgan fingerprint density at radius 1 is 1.35 bits per heavy atom. The number of imidazole rings is 1. The summed E-state index contributed by atoms with van der Waals surface area (Å²) in [4.78, 5) is 16.5. The second kappa shape index (κ2) is 4.37. The molecule has 20 heavy (non-hydrogen) atoms. The molecule has 1 aromatic carbocycles. The van der Waals surface area contributed by atoms with Gasteiger partial charge in [0.15, 0.2) is 0 Å². The zero-order valence-electron chi connectivity index (χ0n) is 10.9. The van der Waals surface area contributed by atoms with Crippen LogP contribution in [0.5, 0.6) is 0 Å². The van der Waals surface area contributed by atoms with Gasteiger partial charge < -0.3 is 9.88 Å². The normalized spacial score (nSPS) is 20.9. The Balaban J connectivity index is 2.20. The van der Waals surface area contributed by atoms with Gasteiger partial charge in [-0.25, -0.2) is 4.79 Å². The molecule has 0 aliphatic carbocycles. The van der Waals surface area contributed by atoms with Crippen LogP contribution in [0.1, 0.15) is 18.0 Å². The zero-order valence-corrected chi connectivity index (χ0v) is 10.9. The third-order valence-corrected chi connectivity index (χ3v) is 3.79. The molecule has 2 aromatic rings. The monoisotopic (exact) mass is 285 g/mol. The van der Waals surface area contributed by atoms with E-state index in [4.69, 9.17) is 0 Å². The lowest BCUT2D eigenvalue weighted by molar-refractivity contribution is -0.136. The van der Waals surface area contributed by atoms with Crippen molar-refractivity contribution in [3.8, 4) is 0 Å². The molecule has 1 aromatic heterocycles. The third-order valence-electron chi connectivity index (χ3n) is 3.79. The summed E-state index contributed by atoms with van der Waals surface area (Å²) in [5.41, 5.74) is -1.07. The summed E-state index contributed by atoms with van der Waals surface area (Å²) in [5, 5.41) is 0.